The molecule has 0 aromatic heterocycles. The Bertz CT molecular complexity index is 687. The highest BCUT2D eigenvalue weighted by Gasteiger charge is 2.24. The Kier molecular flexibility index (Phi) is 4.91. The third-order valence-corrected chi connectivity index (χ3v) is 6.44. The number of amides is 1. The first-order chi connectivity index (χ1) is 11.1. The summed E-state index contributed by atoms with van der Waals surface area (Å²) in [6.07, 6.45) is 4.29. The molecule has 1 aliphatic rings. The van der Waals surface area contributed by atoms with Gasteiger partial charge < -0.3 is 15.2 Å². The normalized spacial score (nSPS) is 18.0. The average Bonchev–Trinajstić information content (AvgIpc) is 2.59. The highest BCUT2D eigenvalue weighted by atomic mass is 32.2. The molecule has 0 saturated carbocycles. The zero-order chi connectivity index (χ0) is 16.2. The van der Waals surface area contributed by atoms with Crippen LogP contribution in [0.2, 0.25) is 0 Å². The lowest BCUT2D eigenvalue weighted by Gasteiger charge is -2.26. The predicted octanol–water partition coefficient (Wildman–Crippen LogP) is 2.71. The van der Waals surface area contributed by atoms with Crippen LogP contribution in [0.3, 0.4) is 0 Å². The predicted molar refractivity (Wildman–Crippen MR) is 91.8 cm³/mol. The summed E-state index contributed by atoms with van der Waals surface area (Å²) < 4.78 is 0. The summed E-state index contributed by atoms with van der Waals surface area (Å²) in [5.41, 5.74) is 2.66. The number of nitrogens with one attached hydrogen (secondary N) is 1. The van der Waals surface area contributed by atoms with E-state index in [4.69, 9.17) is 0 Å². The van der Waals surface area contributed by atoms with E-state index in [-0.39, 0.29) is 16.8 Å². The second-order valence-electron chi connectivity index (χ2n) is 5.94. The monoisotopic (exact) mass is 327 g/mol. The molecule has 2 aromatic carbocycles. The zero-order valence-electron chi connectivity index (χ0n) is 13.2. The summed E-state index contributed by atoms with van der Waals surface area (Å²) in [6.45, 7) is 0.450. The first-order valence-corrected chi connectivity index (χ1v) is 9.57. The van der Waals surface area contributed by atoms with Gasteiger partial charge in [0.2, 0.25) is 0 Å². The molecule has 0 spiro atoms. The van der Waals surface area contributed by atoms with Crippen LogP contribution in [0.1, 0.15) is 29.9 Å². The van der Waals surface area contributed by atoms with Gasteiger partial charge in [-0.05, 0) is 54.7 Å². The van der Waals surface area contributed by atoms with Crippen LogP contribution in [0.15, 0.2) is 58.3 Å². The van der Waals surface area contributed by atoms with Crippen molar-refractivity contribution in [1.82, 2.24) is 5.32 Å². The van der Waals surface area contributed by atoms with E-state index in [9.17, 15) is 9.90 Å². The van der Waals surface area contributed by atoms with Crippen molar-refractivity contribution in [2.75, 3.05) is 12.8 Å². The van der Waals surface area contributed by atoms with Crippen molar-refractivity contribution >= 4 is 17.0 Å². The number of hydrogen-bond acceptors (Lipinski definition) is 2. The van der Waals surface area contributed by atoms with Crippen molar-refractivity contribution in [1.29, 1.82) is 0 Å². The molecule has 3 nitrogen and oxygen atoms in total. The molecule has 120 valence electrons. The standard InChI is InChI=1S/C19H21NO2S/c1-23(16-8-3-2-4-9-16)17-10-11-18-14(12-17)6-5-7-15(18)13-20-19(21)22/h2-4,8-12,15,20H,5-7,13H2,1H3. The molecule has 0 fully saturated rings. The van der Waals surface area contributed by atoms with Crippen LogP contribution in [0.5, 0.6) is 0 Å². The van der Waals surface area contributed by atoms with E-state index in [0.29, 0.717) is 6.54 Å². The minimum Gasteiger partial charge on any atom is -0.530 e. The molecule has 1 N–H and O–H groups in total. The number of rotatable bonds is 4. The van der Waals surface area contributed by atoms with E-state index in [1.807, 2.05) is 6.07 Å². The first-order valence-electron chi connectivity index (χ1n) is 7.94. The maximum Gasteiger partial charge on any atom is 0.160 e. The summed E-state index contributed by atoms with van der Waals surface area (Å²) in [4.78, 5) is 13.3. The average molecular weight is 327 g/mol. The SMILES string of the molecule is C[S+](c1ccccc1)c1ccc2c(c1)CCCC2CNC(=O)[O-]. The van der Waals surface area contributed by atoms with Crippen molar-refractivity contribution in [2.45, 2.75) is 35.0 Å². The molecule has 4 heteroatoms. The number of aryl methyl sites for hydroxylation is 1. The summed E-state index contributed by atoms with van der Waals surface area (Å²) >= 11 is 0. The van der Waals surface area contributed by atoms with Gasteiger partial charge in [-0.3, -0.25) is 0 Å². The number of benzene rings is 2. The van der Waals surface area contributed by atoms with Crippen LogP contribution in [0, 0.1) is 0 Å². The number of carboxylic acid groups (broad SMARTS) is 1. The van der Waals surface area contributed by atoms with Gasteiger partial charge >= 0.3 is 0 Å². The maximum absolute atomic E-state index is 10.6. The zero-order valence-corrected chi connectivity index (χ0v) is 14.1. The van der Waals surface area contributed by atoms with Crippen LogP contribution in [0.25, 0.3) is 0 Å². The van der Waals surface area contributed by atoms with Gasteiger partial charge in [0.05, 0.1) is 10.9 Å². The molecule has 2 unspecified atom stereocenters. The Morgan fingerprint density at radius 2 is 2.00 bits per heavy atom. The number of carbonyl (C=O) groups is 1. The molecular formula is C19H21NO2S. The van der Waals surface area contributed by atoms with Gasteiger partial charge in [-0.25, -0.2) is 0 Å². The molecule has 3 rings (SSSR count). The molecule has 1 amide bonds. The first kappa shape index (κ1) is 15.9. The topological polar surface area (TPSA) is 52.2 Å². The molecule has 0 aliphatic heterocycles. The van der Waals surface area contributed by atoms with Crippen molar-refractivity contribution < 1.29 is 9.90 Å². The van der Waals surface area contributed by atoms with Crippen LogP contribution < -0.4 is 10.4 Å². The minimum atomic E-state index is -1.19. The highest BCUT2D eigenvalue weighted by Crippen LogP contribution is 2.33. The number of hydrogen-bond donors (Lipinski definition) is 1. The number of fused-ring (bicyclic) bond motifs is 1. The Morgan fingerprint density at radius 3 is 2.74 bits per heavy atom. The molecule has 2 atom stereocenters. The summed E-state index contributed by atoms with van der Waals surface area (Å²) in [5.74, 6) is 0.265. The van der Waals surface area contributed by atoms with Gasteiger partial charge in [-0.15, -0.1) is 0 Å². The minimum absolute atomic E-state index is 0.0631. The highest BCUT2D eigenvalue weighted by molar-refractivity contribution is 7.96. The Balaban J connectivity index is 1.83. The van der Waals surface area contributed by atoms with Crippen molar-refractivity contribution in [3.63, 3.8) is 0 Å². The number of carbonyl (C=O) groups excluding carboxylic acids is 1. The fourth-order valence-corrected chi connectivity index (χ4v) is 4.69. The third-order valence-electron chi connectivity index (χ3n) is 4.50. The van der Waals surface area contributed by atoms with Crippen LogP contribution in [-0.2, 0) is 17.3 Å². The molecule has 0 bridgehead atoms. The molecule has 0 radical (unpaired) electrons. The second-order valence-corrected chi connectivity index (χ2v) is 7.90. The third kappa shape index (κ3) is 3.70. The fraction of sp³-hybridized carbons (Fsp3) is 0.316. The van der Waals surface area contributed by atoms with Gasteiger partial charge in [0.1, 0.15) is 12.3 Å². The van der Waals surface area contributed by atoms with E-state index >= 15 is 0 Å². The van der Waals surface area contributed by atoms with Gasteiger partial charge in [-0.2, -0.15) is 0 Å². The Labute approximate surface area is 140 Å². The van der Waals surface area contributed by atoms with Gasteiger partial charge in [0, 0.05) is 12.5 Å². The van der Waals surface area contributed by atoms with Crippen LogP contribution in [0.4, 0.5) is 4.79 Å². The van der Waals surface area contributed by atoms with E-state index in [1.54, 1.807) is 0 Å². The maximum atomic E-state index is 10.6. The van der Waals surface area contributed by atoms with Gasteiger partial charge in [0.25, 0.3) is 0 Å². The van der Waals surface area contributed by atoms with Gasteiger partial charge in [-0.1, -0.05) is 24.3 Å². The van der Waals surface area contributed by atoms with Crippen LogP contribution in [-0.4, -0.2) is 18.9 Å². The molecule has 23 heavy (non-hydrogen) atoms. The fourth-order valence-electron chi connectivity index (χ4n) is 3.26. The smallest absolute Gasteiger partial charge is 0.160 e. The lowest BCUT2D eigenvalue weighted by atomic mass is 9.83. The molecule has 2 aromatic rings. The largest absolute Gasteiger partial charge is 0.530 e. The molecule has 0 heterocycles. The lowest BCUT2D eigenvalue weighted by Crippen LogP contribution is -2.39. The van der Waals surface area contributed by atoms with E-state index in [2.05, 4.69) is 54.0 Å². The summed E-state index contributed by atoms with van der Waals surface area (Å²) in [6, 6.07) is 17.3. The van der Waals surface area contributed by atoms with E-state index in [1.165, 1.54) is 20.9 Å². The second kappa shape index (κ2) is 7.09. The molecule has 0 saturated heterocycles. The Morgan fingerprint density at radius 1 is 1.22 bits per heavy atom. The Hall–Kier alpha value is -1.94. The summed E-state index contributed by atoms with van der Waals surface area (Å²) in [5, 5.41) is 13.1. The molecular weight excluding hydrogens is 306 g/mol. The quantitative estimate of drug-likeness (QED) is 0.878. The lowest BCUT2D eigenvalue weighted by molar-refractivity contribution is -0.250. The van der Waals surface area contributed by atoms with Crippen molar-refractivity contribution in [3.05, 3.63) is 59.7 Å². The van der Waals surface area contributed by atoms with E-state index in [0.717, 1.165) is 19.3 Å². The summed E-state index contributed by atoms with van der Waals surface area (Å²) in [7, 11) is 0.0631. The van der Waals surface area contributed by atoms with Crippen molar-refractivity contribution in [3.8, 4) is 0 Å². The van der Waals surface area contributed by atoms with Gasteiger partial charge in [0.15, 0.2) is 9.79 Å². The van der Waals surface area contributed by atoms with Crippen molar-refractivity contribution in [2.24, 2.45) is 0 Å². The molecule has 1 aliphatic carbocycles. The van der Waals surface area contributed by atoms with E-state index < -0.39 is 6.09 Å². The van der Waals surface area contributed by atoms with Crippen LogP contribution >= 0.6 is 0 Å².